The minimum Gasteiger partial charge on any atom is -0.480 e. The van der Waals surface area contributed by atoms with E-state index in [0.29, 0.717) is 0 Å². The predicted molar refractivity (Wildman–Crippen MR) is 72.9 cm³/mol. The van der Waals surface area contributed by atoms with Gasteiger partial charge in [-0.2, -0.15) is 0 Å². The number of carbonyl (C=O) groups excluding carboxylic acids is 2. The summed E-state index contributed by atoms with van der Waals surface area (Å²) in [6.45, 7) is 2.75. The van der Waals surface area contributed by atoms with Crippen LogP contribution < -0.4 is 10.6 Å². The fourth-order valence-corrected chi connectivity index (χ4v) is 1.73. The molecule has 3 N–H and O–H groups in total. The van der Waals surface area contributed by atoms with Gasteiger partial charge in [0.25, 0.3) is 0 Å². The minimum absolute atomic E-state index is 0.0127. The third-order valence-electron chi connectivity index (χ3n) is 2.72. The lowest BCUT2D eigenvalue weighted by atomic mass is 10.0. The molecule has 1 aromatic rings. The van der Waals surface area contributed by atoms with Gasteiger partial charge in [-0.05, 0) is 12.5 Å². The van der Waals surface area contributed by atoms with Gasteiger partial charge in [0.05, 0.1) is 12.5 Å². The molecule has 1 aromatic carbocycles. The van der Waals surface area contributed by atoms with E-state index in [-0.39, 0.29) is 12.3 Å². The number of hydrogen-bond donors (Lipinski definition) is 3. The van der Waals surface area contributed by atoms with Crippen molar-refractivity contribution >= 4 is 17.8 Å². The lowest BCUT2D eigenvalue weighted by Crippen LogP contribution is -2.40. The topological polar surface area (TPSA) is 95.5 Å². The van der Waals surface area contributed by atoms with Gasteiger partial charge >= 0.3 is 5.97 Å². The van der Waals surface area contributed by atoms with Crippen LogP contribution in [-0.4, -0.2) is 28.9 Å². The van der Waals surface area contributed by atoms with Crippen LogP contribution in [0, 0.1) is 0 Å². The summed E-state index contributed by atoms with van der Waals surface area (Å²) < 4.78 is 0. The monoisotopic (exact) mass is 278 g/mol. The van der Waals surface area contributed by atoms with Crippen LogP contribution >= 0.6 is 0 Å². The van der Waals surface area contributed by atoms with Crippen LogP contribution in [0.3, 0.4) is 0 Å². The van der Waals surface area contributed by atoms with Crippen LogP contribution in [0.4, 0.5) is 0 Å². The molecule has 2 amide bonds. The molecule has 2 atom stereocenters. The maximum absolute atomic E-state index is 11.8. The van der Waals surface area contributed by atoms with Crippen molar-refractivity contribution < 1.29 is 19.5 Å². The lowest BCUT2D eigenvalue weighted by Gasteiger charge is -2.19. The second-order valence-electron chi connectivity index (χ2n) is 4.50. The molecule has 0 fully saturated rings. The molecule has 0 aliphatic carbocycles. The molecule has 20 heavy (non-hydrogen) atoms. The third kappa shape index (κ3) is 5.09. The molecule has 0 heterocycles. The number of carboxylic acids is 1. The number of benzene rings is 1. The first-order valence-corrected chi connectivity index (χ1v) is 6.24. The number of carboxylic acid groups (broad SMARTS) is 1. The number of nitrogens with one attached hydrogen (secondary N) is 2. The van der Waals surface area contributed by atoms with E-state index in [1.807, 2.05) is 18.2 Å². The largest absolute Gasteiger partial charge is 0.480 e. The molecule has 6 heteroatoms. The molecule has 0 aliphatic heterocycles. The van der Waals surface area contributed by atoms with E-state index in [9.17, 15) is 14.4 Å². The zero-order valence-electron chi connectivity index (χ0n) is 11.4. The van der Waals surface area contributed by atoms with E-state index in [2.05, 4.69) is 10.6 Å². The highest BCUT2D eigenvalue weighted by Crippen LogP contribution is 2.16. The first kappa shape index (κ1) is 15.7. The Morgan fingerprint density at radius 2 is 1.75 bits per heavy atom. The Hall–Kier alpha value is -2.37. The van der Waals surface area contributed by atoms with Crippen LogP contribution in [0.5, 0.6) is 0 Å². The van der Waals surface area contributed by atoms with Gasteiger partial charge in [0.2, 0.25) is 11.8 Å². The average molecular weight is 278 g/mol. The normalized spacial score (nSPS) is 13.1. The molecule has 0 saturated heterocycles. The smallest absolute Gasteiger partial charge is 0.325 e. The third-order valence-corrected chi connectivity index (χ3v) is 2.72. The summed E-state index contributed by atoms with van der Waals surface area (Å²) in [5.74, 6) is -1.78. The van der Waals surface area contributed by atoms with Crippen LogP contribution in [0.1, 0.15) is 31.9 Å². The summed E-state index contributed by atoms with van der Waals surface area (Å²) >= 11 is 0. The Kier molecular flexibility index (Phi) is 5.71. The van der Waals surface area contributed by atoms with E-state index in [4.69, 9.17) is 5.11 Å². The van der Waals surface area contributed by atoms with Crippen LogP contribution in [-0.2, 0) is 14.4 Å². The molecule has 0 aromatic heterocycles. The summed E-state index contributed by atoms with van der Waals surface area (Å²) in [5, 5.41) is 13.8. The highest BCUT2D eigenvalue weighted by molar-refractivity contribution is 5.84. The quantitative estimate of drug-likeness (QED) is 0.718. The van der Waals surface area contributed by atoms with Gasteiger partial charge in [-0.1, -0.05) is 30.3 Å². The van der Waals surface area contributed by atoms with Crippen LogP contribution in [0.15, 0.2) is 30.3 Å². The first-order chi connectivity index (χ1) is 9.40. The van der Waals surface area contributed by atoms with Gasteiger partial charge in [-0.25, -0.2) is 0 Å². The molecule has 6 nitrogen and oxygen atoms in total. The Morgan fingerprint density at radius 1 is 1.15 bits per heavy atom. The zero-order valence-corrected chi connectivity index (χ0v) is 11.4. The highest BCUT2D eigenvalue weighted by Gasteiger charge is 2.20. The lowest BCUT2D eigenvalue weighted by molar-refractivity contribution is -0.141. The SMILES string of the molecule is CC(=O)NC(CC(=O)NC(C)C(=O)O)c1ccccc1. The Labute approximate surface area is 117 Å². The fraction of sp³-hybridized carbons (Fsp3) is 0.357. The Morgan fingerprint density at radius 3 is 2.25 bits per heavy atom. The van der Waals surface area contributed by atoms with Gasteiger partial charge in [0, 0.05) is 6.92 Å². The summed E-state index contributed by atoms with van der Waals surface area (Å²) in [6, 6.07) is 7.61. The number of carbonyl (C=O) groups is 3. The van der Waals surface area contributed by atoms with Gasteiger partial charge in [-0.3, -0.25) is 14.4 Å². The number of rotatable bonds is 6. The van der Waals surface area contributed by atoms with Crippen LogP contribution in [0.2, 0.25) is 0 Å². The second kappa shape index (κ2) is 7.28. The molecule has 2 unspecified atom stereocenters. The molecule has 0 aliphatic rings. The summed E-state index contributed by atoms with van der Waals surface area (Å²) in [7, 11) is 0. The Bertz CT molecular complexity index is 487. The van der Waals surface area contributed by atoms with Crippen molar-refractivity contribution in [1.29, 1.82) is 0 Å². The van der Waals surface area contributed by atoms with Gasteiger partial charge in [0.15, 0.2) is 0 Å². The van der Waals surface area contributed by atoms with Crippen molar-refractivity contribution in [2.45, 2.75) is 32.4 Å². The molecule has 0 saturated carbocycles. The minimum atomic E-state index is -1.10. The fourth-order valence-electron chi connectivity index (χ4n) is 1.73. The van der Waals surface area contributed by atoms with Crippen molar-refractivity contribution in [2.75, 3.05) is 0 Å². The van der Waals surface area contributed by atoms with Crippen molar-refractivity contribution in [2.24, 2.45) is 0 Å². The van der Waals surface area contributed by atoms with Crippen LogP contribution in [0.25, 0.3) is 0 Å². The molecular weight excluding hydrogens is 260 g/mol. The Balaban J connectivity index is 2.73. The highest BCUT2D eigenvalue weighted by atomic mass is 16.4. The van der Waals surface area contributed by atoms with E-state index in [1.165, 1.54) is 13.8 Å². The maximum Gasteiger partial charge on any atom is 0.325 e. The number of amides is 2. The number of hydrogen-bond acceptors (Lipinski definition) is 3. The van der Waals surface area contributed by atoms with Crippen molar-refractivity contribution in [1.82, 2.24) is 10.6 Å². The molecule has 0 bridgehead atoms. The van der Waals surface area contributed by atoms with E-state index >= 15 is 0 Å². The van der Waals surface area contributed by atoms with E-state index < -0.39 is 24.0 Å². The van der Waals surface area contributed by atoms with Gasteiger partial charge in [-0.15, -0.1) is 0 Å². The molecule has 1 rings (SSSR count). The first-order valence-electron chi connectivity index (χ1n) is 6.24. The molecular formula is C14H18N2O4. The van der Waals surface area contributed by atoms with E-state index in [0.717, 1.165) is 5.56 Å². The van der Waals surface area contributed by atoms with Gasteiger partial charge < -0.3 is 15.7 Å². The van der Waals surface area contributed by atoms with Crippen molar-refractivity contribution in [3.63, 3.8) is 0 Å². The number of aliphatic carboxylic acids is 1. The summed E-state index contributed by atoms with van der Waals surface area (Å²) in [4.78, 5) is 33.7. The predicted octanol–water partition coefficient (Wildman–Crippen LogP) is 0.843. The maximum atomic E-state index is 11.8. The van der Waals surface area contributed by atoms with Crippen molar-refractivity contribution in [3.8, 4) is 0 Å². The molecule has 0 spiro atoms. The van der Waals surface area contributed by atoms with E-state index in [1.54, 1.807) is 12.1 Å². The molecule has 0 radical (unpaired) electrons. The molecule has 108 valence electrons. The standard InChI is InChI=1S/C14H18N2O4/c1-9(14(19)20)15-13(18)8-12(16-10(2)17)11-6-4-3-5-7-11/h3-7,9,12H,8H2,1-2H3,(H,15,18)(H,16,17)(H,19,20). The summed E-state index contributed by atoms with van der Waals surface area (Å²) in [6.07, 6.45) is -0.0127. The summed E-state index contributed by atoms with van der Waals surface area (Å²) in [5.41, 5.74) is 0.792. The average Bonchev–Trinajstić information content (AvgIpc) is 2.38. The van der Waals surface area contributed by atoms with Gasteiger partial charge in [0.1, 0.15) is 6.04 Å². The zero-order chi connectivity index (χ0) is 15.1. The second-order valence-corrected chi connectivity index (χ2v) is 4.50. The van der Waals surface area contributed by atoms with Crippen molar-refractivity contribution in [3.05, 3.63) is 35.9 Å².